The van der Waals surface area contributed by atoms with Gasteiger partial charge in [0.05, 0.1) is 12.2 Å². The molecule has 90 valence electrons. The predicted octanol–water partition coefficient (Wildman–Crippen LogP) is 1.40. The second-order valence-electron chi connectivity index (χ2n) is 3.75. The Hall–Kier alpha value is -1.95. The van der Waals surface area contributed by atoms with E-state index < -0.39 is 0 Å². The molecule has 5 nitrogen and oxygen atoms in total. The van der Waals surface area contributed by atoms with Gasteiger partial charge in [0.15, 0.2) is 0 Å². The molecule has 0 aliphatic carbocycles. The molecule has 0 spiro atoms. The molecule has 1 heterocycles. The van der Waals surface area contributed by atoms with E-state index in [1.54, 1.807) is 31.1 Å². The maximum Gasteiger partial charge on any atom is 0.240 e. The topological polar surface area (TPSA) is 68.2 Å². The van der Waals surface area contributed by atoms with Crippen LogP contribution in [0.1, 0.15) is 5.89 Å². The second kappa shape index (κ2) is 4.50. The zero-order valence-corrected chi connectivity index (χ0v) is 9.64. The van der Waals surface area contributed by atoms with Crippen molar-refractivity contribution in [2.75, 3.05) is 19.0 Å². The third-order valence-corrected chi connectivity index (χ3v) is 2.32. The quantitative estimate of drug-likeness (QED) is 0.872. The van der Waals surface area contributed by atoms with Gasteiger partial charge in [0, 0.05) is 19.7 Å². The Kier molecular flexibility index (Phi) is 3.06. The van der Waals surface area contributed by atoms with Crippen molar-refractivity contribution in [2.24, 2.45) is 5.73 Å². The van der Waals surface area contributed by atoms with Gasteiger partial charge < -0.3 is 15.2 Å². The van der Waals surface area contributed by atoms with Gasteiger partial charge in [-0.15, -0.1) is 0 Å². The van der Waals surface area contributed by atoms with Gasteiger partial charge in [-0.05, 0) is 12.1 Å². The molecule has 6 heteroatoms. The number of aromatic nitrogens is 2. The molecular weight excluding hydrogens is 223 g/mol. The fourth-order valence-electron chi connectivity index (χ4n) is 1.60. The molecule has 0 bridgehead atoms. The summed E-state index contributed by atoms with van der Waals surface area (Å²) in [5.41, 5.74) is 6.40. The smallest absolute Gasteiger partial charge is 0.240 e. The molecule has 2 aromatic rings. The summed E-state index contributed by atoms with van der Waals surface area (Å²) >= 11 is 0. The summed E-state index contributed by atoms with van der Waals surface area (Å²) in [5.74, 6) is 0.342. The average molecular weight is 236 g/mol. The van der Waals surface area contributed by atoms with Gasteiger partial charge in [-0.25, -0.2) is 4.39 Å². The van der Waals surface area contributed by atoms with Gasteiger partial charge in [-0.2, -0.15) is 4.98 Å². The average Bonchev–Trinajstić information content (AvgIpc) is 2.76. The largest absolute Gasteiger partial charge is 0.375 e. The number of hydrogen-bond acceptors (Lipinski definition) is 5. The molecule has 2 N–H and O–H groups in total. The molecule has 0 fully saturated rings. The van der Waals surface area contributed by atoms with Crippen LogP contribution in [0.5, 0.6) is 0 Å². The standard InChI is InChI=1S/C11H13FN4O/c1-16(2)10-7(4-3-5-8(10)12)11-14-9(6-13)17-15-11/h3-5H,6,13H2,1-2H3. The van der Waals surface area contributed by atoms with Gasteiger partial charge in [-0.1, -0.05) is 11.2 Å². The maximum absolute atomic E-state index is 13.7. The third kappa shape index (κ3) is 2.12. The lowest BCUT2D eigenvalue weighted by Gasteiger charge is -2.16. The van der Waals surface area contributed by atoms with E-state index in [9.17, 15) is 4.39 Å². The summed E-state index contributed by atoms with van der Waals surface area (Å²) in [7, 11) is 3.51. The zero-order chi connectivity index (χ0) is 12.4. The van der Waals surface area contributed by atoms with E-state index in [0.29, 0.717) is 23.0 Å². The van der Waals surface area contributed by atoms with Crippen molar-refractivity contribution >= 4 is 5.69 Å². The molecule has 0 amide bonds. The van der Waals surface area contributed by atoms with Crippen molar-refractivity contribution in [3.8, 4) is 11.4 Å². The molecule has 2 rings (SSSR count). The van der Waals surface area contributed by atoms with Crippen LogP contribution in [0.3, 0.4) is 0 Å². The van der Waals surface area contributed by atoms with Crippen LogP contribution in [-0.2, 0) is 6.54 Å². The summed E-state index contributed by atoms with van der Waals surface area (Å²) < 4.78 is 18.6. The van der Waals surface area contributed by atoms with Crippen molar-refractivity contribution in [3.63, 3.8) is 0 Å². The first-order valence-corrected chi connectivity index (χ1v) is 5.12. The van der Waals surface area contributed by atoms with Crippen LogP contribution in [0.15, 0.2) is 22.7 Å². The lowest BCUT2D eigenvalue weighted by molar-refractivity contribution is 0.380. The molecule has 0 aliphatic rings. The van der Waals surface area contributed by atoms with E-state index >= 15 is 0 Å². The number of para-hydroxylation sites is 1. The highest BCUT2D eigenvalue weighted by molar-refractivity contribution is 5.74. The third-order valence-electron chi connectivity index (χ3n) is 2.32. The second-order valence-corrected chi connectivity index (χ2v) is 3.75. The Labute approximate surface area is 98.0 Å². The van der Waals surface area contributed by atoms with Crippen LogP contribution in [0.25, 0.3) is 11.4 Å². The number of hydrogen-bond donors (Lipinski definition) is 1. The van der Waals surface area contributed by atoms with Crippen molar-refractivity contribution in [2.45, 2.75) is 6.54 Å². The number of nitrogens with two attached hydrogens (primary N) is 1. The highest BCUT2D eigenvalue weighted by Crippen LogP contribution is 2.30. The molecular formula is C11H13FN4O. The van der Waals surface area contributed by atoms with Crippen LogP contribution in [0, 0.1) is 5.82 Å². The van der Waals surface area contributed by atoms with Crippen molar-refractivity contribution < 1.29 is 8.91 Å². The summed E-state index contributed by atoms with van der Waals surface area (Å²) in [6, 6.07) is 4.74. The maximum atomic E-state index is 13.7. The SMILES string of the molecule is CN(C)c1c(F)cccc1-c1noc(CN)n1. The Bertz CT molecular complexity index is 524. The van der Waals surface area contributed by atoms with E-state index in [1.807, 2.05) is 0 Å². The highest BCUT2D eigenvalue weighted by atomic mass is 19.1. The Morgan fingerprint density at radius 1 is 1.41 bits per heavy atom. The molecule has 0 saturated carbocycles. The van der Waals surface area contributed by atoms with E-state index in [4.69, 9.17) is 10.3 Å². The molecule has 1 aromatic heterocycles. The summed E-state index contributed by atoms with van der Waals surface area (Å²) in [6.07, 6.45) is 0. The van der Waals surface area contributed by atoms with Gasteiger partial charge in [0.25, 0.3) is 0 Å². The fourth-order valence-corrected chi connectivity index (χ4v) is 1.60. The molecule has 0 unspecified atom stereocenters. The van der Waals surface area contributed by atoms with Gasteiger partial charge in [0.1, 0.15) is 5.82 Å². The lowest BCUT2D eigenvalue weighted by Crippen LogP contribution is -2.12. The Morgan fingerprint density at radius 3 is 2.76 bits per heavy atom. The molecule has 17 heavy (non-hydrogen) atoms. The van der Waals surface area contributed by atoms with E-state index in [1.165, 1.54) is 6.07 Å². The molecule has 0 aliphatic heterocycles. The van der Waals surface area contributed by atoms with Gasteiger partial charge in [0.2, 0.25) is 11.7 Å². The number of halogens is 1. The first kappa shape index (κ1) is 11.5. The monoisotopic (exact) mass is 236 g/mol. The van der Waals surface area contributed by atoms with Crippen molar-refractivity contribution in [1.29, 1.82) is 0 Å². The van der Waals surface area contributed by atoms with Crippen LogP contribution >= 0.6 is 0 Å². The van der Waals surface area contributed by atoms with Crippen LogP contribution in [0.4, 0.5) is 10.1 Å². The van der Waals surface area contributed by atoms with Gasteiger partial charge >= 0.3 is 0 Å². The van der Waals surface area contributed by atoms with Gasteiger partial charge in [-0.3, -0.25) is 0 Å². The van der Waals surface area contributed by atoms with E-state index in [0.717, 1.165) is 0 Å². The zero-order valence-electron chi connectivity index (χ0n) is 9.64. The molecule has 0 radical (unpaired) electrons. The summed E-state index contributed by atoms with van der Waals surface area (Å²) in [6.45, 7) is 0.166. The normalized spacial score (nSPS) is 10.6. The number of nitrogens with zero attached hydrogens (tertiary/aromatic N) is 3. The summed E-state index contributed by atoms with van der Waals surface area (Å²) in [4.78, 5) is 5.76. The minimum absolute atomic E-state index is 0.166. The number of anilines is 1. The van der Waals surface area contributed by atoms with Crippen LogP contribution in [0.2, 0.25) is 0 Å². The van der Waals surface area contributed by atoms with Crippen LogP contribution in [-0.4, -0.2) is 24.2 Å². The molecule has 0 saturated heterocycles. The predicted molar refractivity (Wildman–Crippen MR) is 61.9 cm³/mol. The van der Waals surface area contributed by atoms with Crippen molar-refractivity contribution in [3.05, 3.63) is 29.9 Å². The molecule has 0 atom stereocenters. The first-order chi connectivity index (χ1) is 8.13. The summed E-state index contributed by atoms with van der Waals surface area (Å²) in [5, 5.41) is 3.78. The lowest BCUT2D eigenvalue weighted by atomic mass is 10.1. The van der Waals surface area contributed by atoms with E-state index in [2.05, 4.69) is 10.1 Å². The van der Waals surface area contributed by atoms with E-state index in [-0.39, 0.29) is 12.4 Å². The number of rotatable bonds is 3. The Morgan fingerprint density at radius 2 is 2.18 bits per heavy atom. The fraction of sp³-hybridized carbons (Fsp3) is 0.273. The Balaban J connectivity index is 2.54. The number of benzene rings is 1. The first-order valence-electron chi connectivity index (χ1n) is 5.12. The highest BCUT2D eigenvalue weighted by Gasteiger charge is 2.16. The molecule has 1 aromatic carbocycles. The van der Waals surface area contributed by atoms with Crippen LogP contribution < -0.4 is 10.6 Å². The minimum Gasteiger partial charge on any atom is -0.375 e. The van der Waals surface area contributed by atoms with Crippen molar-refractivity contribution in [1.82, 2.24) is 10.1 Å². The minimum atomic E-state index is -0.327.